The Hall–Kier alpha value is -1.87. The zero-order chi connectivity index (χ0) is 14.4. The van der Waals surface area contributed by atoms with Gasteiger partial charge in [-0.15, -0.1) is 0 Å². The minimum atomic E-state index is 0.316. The summed E-state index contributed by atoms with van der Waals surface area (Å²) >= 11 is 6.28. The summed E-state index contributed by atoms with van der Waals surface area (Å²) in [6, 6.07) is 7.73. The first kappa shape index (κ1) is 14.5. The summed E-state index contributed by atoms with van der Waals surface area (Å²) in [5, 5.41) is 12.9. The van der Waals surface area contributed by atoms with Gasteiger partial charge in [-0.05, 0) is 11.6 Å². The lowest BCUT2D eigenvalue weighted by atomic mass is 10.1. The number of ether oxygens (including phenoxy) is 1. The van der Waals surface area contributed by atoms with Crippen molar-refractivity contribution in [2.75, 3.05) is 20.3 Å². The van der Waals surface area contributed by atoms with Crippen molar-refractivity contribution >= 4 is 11.6 Å². The third-order valence-corrected chi connectivity index (χ3v) is 3.16. The number of para-hydroxylation sites is 1. The minimum absolute atomic E-state index is 0.316. The van der Waals surface area contributed by atoms with Gasteiger partial charge in [-0.3, -0.25) is 4.57 Å². The predicted molar refractivity (Wildman–Crippen MR) is 76.9 cm³/mol. The molecular weight excluding hydrogens is 276 g/mol. The van der Waals surface area contributed by atoms with Gasteiger partial charge in [0.2, 0.25) is 5.82 Å². The van der Waals surface area contributed by atoms with Crippen LogP contribution in [0.3, 0.4) is 0 Å². The van der Waals surface area contributed by atoms with Crippen molar-refractivity contribution in [1.82, 2.24) is 14.9 Å². The number of imidazole rings is 1. The number of halogens is 1. The highest BCUT2D eigenvalue weighted by Gasteiger charge is 2.12. The lowest BCUT2D eigenvalue weighted by molar-refractivity contribution is 0.199. The van der Waals surface area contributed by atoms with Gasteiger partial charge in [0.25, 0.3) is 0 Å². The zero-order valence-corrected chi connectivity index (χ0v) is 11.9. The van der Waals surface area contributed by atoms with E-state index in [0.717, 1.165) is 17.8 Å². The van der Waals surface area contributed by atoms with Crippen LogP contribution in [0.2, 0.25) is 5.02 Å². The molecule has 6 heteroatoms. The number of nitriles is 1. The Bertz CT molecular complexity index is 618. The van der Waals surface area contributed by atoms with Crippen LogP contribution < -0.4 is 5.32 Å². The van der Waals surface area contributed by atoms with E-state index in [9.17, 15) is 0 Å². The standard InChI is InChI=1S/C14H15ClN4O/c1-20-8-6-17-10-11-3-2-4-12(15)14(11)19-7-5-18-13(19)9-16/h2-5,7,17H,6,8,10H2,1H3. The molecule has 1 aromatic heterocycles. The molecule has 0 unspecified atom stereocenters. The lowest BCUT2D eigenvalue weighted by Gasteiger charge is -2.13. The zero-order valence-electron chi connectivity index (χ0n) is 11.1. The second kappa shape index (κ2) is 7.06. The molecule has 2 aromatic rings. The van der Waals surface area contributed by atoms with E-state index in [0.29, 0.717) is 24.0 Å². The Balaban J connectivity index is 2.30. The molecule has 5 nitrogen and oxygen atoms in total. The number of aromatic nitrogens is 2. The highest BCUT2D eigenvalue weighted by molar-refractivity contribution is 6.32. The molecule has 0 aliphatic carbocycles. The van der Waals surface area contributed by atoms with E-state index in [1.54, 1.807) is 30.1 Å². The molecule has 0 amide bonds. The number of nitrogens with zero attached hydrogens (tertiary/aromatic N) is 3. The summed E-state index contributed by atoms with van der Waals surface area (Å²) in [5.41, 5.74) is 1.79. The van der Waals surface area contributed by atoms with Gasteiger partial charge >= 0.3 is 0 Å². The van der Waals surface area contributed by atoms with E-state index >= 15 is 0 Å². The van der Waals surface area contributed by atoms with Gasteiger partial charge in [-0.1, -0.05) is 23.7 Å². The summed E-state index contributed by atoms with van der Waals surface area (Å²) in [7, 11) is 1.66. The van der Waals surface area contributed by atoms with Crippen LogP contribution >= 0.6 is 11.6 Å². The topological polar surface area (TPSA) is 62.9 Å². The Kier molecular flexibility index (Phi) is 5.13. The van der Waals surface area contributed by atoms with Crippen LogP contribution in [0, 0.1) is 11.3 Å². The Labute approximate surface area is 122 Å². The van der Waals surface area contributed by atoms with Crippen molar-refractivity contribution in [2.45, 2.75) is 6.54 Å². The number of methoxy groups -OCH3 is 1. The number of benzene rings is 1. The van der Waals surface area contributed by atoms with Crippen LogP contribution in [0.25, 0.3) is 5.69 Å². The van der Waals surface area contributed by atoms with Gasteiger partial charge < -0.3 is 10.1 Å². The Morgan fingerprint density at radius 3 is 3.10 bits per heavy atom. The molecule has 104 valence electrons. The fourth-order valence-electron chi connectivity index (χ4n) is 1.94. The van der Waals surface area contributed by atoms with Crippen molar-refractivity contribution < 1.29 is 4.74 Å². The summed E-state index contributed by atoms with van der Waals surface area (Å²) in [5.74, 6) is 0.316. The number of rotatable bonds is 6. The second-order valence-corrected chi connectivity index (χ2v) is 4.56. The number of hydrogen-bond acceptors (Lipinski definition) is 4. The van der Waals surface area contributed by atoms with Crippen LogP contribution in [0.1, 0.15) is 11.4 Å². The Morgan fingerprint density at radius 1 is 1.50 bits per heavy atom. The van der Waals surface area contributed by atoms with E-state index in [-0.39, 0.29) is 0 Å². The molecule has 0 aliphatic heterocycles. The second-order valence-electron chi connectivity index (χ2n) is 4.15. The molecule has 0 atom stereocenters. The monoisotopic (exact) mass is 290 g/mol. The first-order valence-corrected chi connectivity index (χ1v) is 6.56. The summed E-state index contributed by atoms with van der Waals surface area (Å²) in [4.78, 5) is 4.01. The SMILES string of the molecule is COCCNCc1cccc(Cl)c1-n1ccnc1C#N. The molecule has 0 bridgehead atoms. The summed E-state index contributed by atoms with van der Waals surface area (Å²) < 4.78 is 6.70. The Morgan fingerprint density at radius 2 is 2.35 bits per heavy atom. The first-order chi connectivity index (χ1) is 9.77. The van der Waals surface area contributed by atoms with Gasteiger partial charge in [-0.2, -0.15) is 5.26 Å². The third kappa shape index (κ3) is 3.17. The van der Waals surface area contributed by atoms with E-state index in [1.807, 2.05) is 12.1 Å². The molecule has 1 aromatic carbocycles. The smallest absolute Gasteiger partial charge is 0.217 e. The van der Waals surface area contributed by atoms with Crippen LogP contribution in [0.4, 0.5) is 0 Å². The molecule has 0 fully saturated rings. The molecule has 1 heterocycles. The van der Waals surface area contributed by atoms with E-state index in [1.165, 1.54) is 0 Å². The maximum atomic E-state index is 9.09. The van der Waals surface area contributed by atoms with Gasteiger partial charge in [0.15, 0.2) is 0 Å². The molecule has 0 radical (unpaired) electrons. The molecule has 0 aliphatic rings. The van der Waals surface area contributed by atoms with Crippen LogP contribution in [-0.4, -0.2) is 29.8 Å². The van der Waals surface area contributed by atoms with Gasteiger partial charge in [-0.25, -0.2) is 4.98 Å². The average molecular weight is 291 g/mol. The van der Waals surface area contributed by atoms with Crippen molar-refractivity contribution in [3.05, 3.63) is 47.0 Å². The molecule has 0 saturated carbocycles. The van der Waals surface area contributed by atoms with Crippen LogP contribution in [-0.2, 0) is 11.3 Å². The van der Waals surface area contributed by atoms with Crippen LogP contribution in [0.15, 0.2) is 30.6 Å². The van der Waals surface area contributed by atoms with Gasteiger partial charge in [0.1, 0.15) is 6.07 Å². The molecule has 20 heavy (non-hydrogen) atoms. The van der Waals surface area contributed by atoms with Crippen molar-refractivity contribution in [3.63, 3.8) is 0 Å². The number of nitrogens with one attached hydrogen (secondary N) is 1. The van der Waals surface area contributed by atoms with Gasteiger partial charge in [0, 0.05) is 32.6 Å². The molecule has 1 N–H and O–H groups in total. The normalized spacial score (nSPS) is 10.4. The third-order valence-electron chi connectivity index (χ3n) is 2.85. The minimum Gasteiger partial charge on any atom is -0.383 e. The molecule has 0 saturated heterocycles. The largest absolute Gasteiger partial charge is 0.383 e. The van der Waals surface area contributed by atoms with Crippen molar-refractivity contribution in [1.29, 1.82) is 5.26 Å². The molecule has 0 spiro atoms. The van der Waals surface area contributed by atoms with E-state index in [2.05, 4.69) is 16.4 Å². The van der Waals surface area contributed by atoms with Crippen molar-refractivity contribution in [3.8, 4) is 11.8 Å². The molecule has 2 rings (SSSR count). The lowest BCUT2D eigenvalue weighted by Crippen LogP contribution is -2.19. The fraction of sp³-hybridized carbons (Fsp3) is 0.286. The fourth-order valence-corrected chi connectivity index (χ4v) is 2.22. The highest BCUT2D eigenvalue weighted by Crippen LogP contribution is 2.25. The summed E-state index contributed by atoms with van der Waals surface area (Å²) in [6.07, 6.45) is 3.32. The van der Waals surface area contributed by atoms with Gasteiger partial charge in [0.05, 0.1) is 17.3 Å². The maximum absolute atomic E-state index is 9.09. The first-order valence-electron chi connectivity index (χ1n) is 6.18. The van der Waals surface area contributed by atoms with E-state index < -0.39 is 0 Å². The predicted octanol–water partition coefficient (Wildman–Crippen LogP) is 2.13. The van der Waals surface area contributed by atoms with E-state index in [4.69, 9.17) is 21.6 Å². The average Bonchev–Trinajstić information content (AvgIpc) is 2.91. The van der Waals surface area contributed by atoms with Crippen LogP contribution in [0.5, 0.6) is 0 Å². The summed E-state index contributed by atoms with van der Waals surface area (Å²) in [6.45, 7) is 2.03. The van der Waals surface area contributed by atoms with Crippen molar-refractivity contribution in [2.24, 2.45) is 0 Å². The highest BCUT2D eigenvalue weighted by atomic mass is 35.5. The maximum Gasteiger partial charge on any atom is 0.217 e. The quantitative estimate of drug-likeness (QED) is 0.828. The molecular formula is C14H15ClN4O. The number of hydrogen-bond donors (Lipinski definition) is 1.